The van der Waals surface area contributed by atoms with E-state index in [0.717, 1.165) is 0 Å². The summed E-state index contributed by atoms with van der Waals surface area (Å²) in [4.78, 5) is 25.8. The molecule has 2 aliphatic rings. The summed E-state index contributed by atoms with van der Waals surface area (Å²) in [5.74, 6) is -1.59. The first-order valence-electron chi connectivity index (χ1n) is 7.57. The zero-order valence-corrected chi connectivity index (χ0v) is 12.6. The van der Waals surface area contributed by atoms with E-state index in [0.29, 0.717) is 31.7 Å². The number of imide groups is 1. The van der Waals surface area contributed by atoms with Gasteiger partial charge in [-0.15, -0.1) is 0 Å². The first kappa shape index (κ1) is 15.7. The number of benzene rings is 1. The van der Waals surface area contributed by atoms with Crippen molar-refractivity contribution in [3.63, 3.8) is 0 Å². The summed E-state index contributed by atoms with van der Waals surface area (Å²) in [6.45, 7) is 2.76. The fourth-order valence-corrected chi connectivity index (χ4v) is 2.87. The third-order valence-electron chi connectivity index (χ3n) is 4.03. The van der Waals surface area contributed by atoms with Gasteiger partial charge < -0.3 is 15.1 Å². The summed E-state index contributed by atoms with van der Waals surface area (Å²) in [5, 5.41) is 5.32. The molecule has 3 rings (SSSR count). The van der Waals surface area contributed by atoms with E-state index in [-0.39, 0.29) is 31.1 Å². The van der Waals surface area contributed by atoms with Crippen LogP contribution in [0.5, 0.6) is 0 Å². The van der Waals surface area contributed by atoms with E-state index in [1.165, 1.54) is 17.0 Å². The maximum absolute atomic E-state index is 14.3. The summed E-state index contributed by atoms with van der Waals surface area (Å²) in [6.07, 6.45) is 0.190. The van der Waals surface area contributed by atoms with Crippen molar-refractivity contribution >= 4 is 17.6 Å². The predicted octanol–water partition coefficient (Wildman–Crippen LogP) is 0.816. The van der Waals surface area contributed by atoms with Crippen LogP contribution in [0.4, 0.5) is 19.3 Å². The first-order chi connectivity index (χ1) is 11.0. The highest BCUT2D eigenvalue weighted by atomic mass is 19.1. The predicted molar refractivity (Wildman–Crippen MR) is 80.0 cm³/mol. The lowest BCUT2D eigenvalue weighted by Crippen LogP contribution is -2.48. The molecular weight excluding hydrogens is 306 g/mol. The number of nitrogens with one attached hydrogen (secondary N) is 2. The fourth-order valence-electron chi connectivity index (χ4n) is 2.87. The molecule has 0 aliphatic carbocycles. The van der Waals surface area contributed by atoms with Crippen LogP contribution >= 0.6 is 0 Å². The summed E-state index contributed by atoms with van der Waals surface area (Å²) in [6, 6.07) is 1.97. The van der Waals surface area contributed by atoms with Crippen LogP contribution in [0, 0.1) is 11.6 Å². The van der Waals surface area contributed by atoms with Crippen LogP contribution in [-0.4, -0.2) is 49.6 Å². The molecule has 2 heterocycles. The Morgan fingerprint density at radius 1 is 1.04 bits per heavy atom. The van der Waals surface area contributed by atoms with E-state index >= 15 is 0 Å². The quantitative estimate of drug-likeness (QED) is 0.864. The van der Waals surface area contributed by atoms with Gasteiger partial charge in [0.25, 0.3) is 0 Å². The van der Waals surface area contributed by atoms with Crippen LogP contribution in [0.3, 0.4) is 0 Å². The SMILES string of the molecule is O=C1CCN(Cc2cc(F)c(N3CCNCC3)c(F)c2)C(=O)N1. The summed E-state index contributed by atoms with van der Waals surface area (Å²) in [7, 11) is 0. The maximum atomic E-state index is 14.3. The van der Waals surface area contributed by atoms with Gasteiger partial charge in [0.15, 0.2) is 0 Å². The fraction of sp³-hybridized carbons (Fsp3) is 0.467. The average Bonchev–Trinajstić information content (AvgIpc) is 2.50. The molecule has 0 aromatic heterocycles. The van der Waals surface area contributed by atoms with Crippen LogP contribution in [-0.2, 0) is 11.3 Å². The number of amides is 3. The Labute approximate surface area is 132 Å². The highest BCUT2D eigenvalue weighted by Gasteiger charge is 2.25. The number of carbonyl (C=O) groups is 2. The van der Waals surface area contributed by atoms with Gasteiger partial charge in [-0.05, 0) is 17.7 Å². The summed E-state index contributed by atoms with van der Waals surface area (Å²) in [5.41, 5.74) is 0.344. The second-order valence-corrected chi connectivity index (χ2v) is 5.67. The number of anilines is 1. The van der Waals surface area contributed by atoms with E-state index in [2.05, 4.69) is 10.6 Å². The normalized spacial score (nSPS) is 19.0. The Morgan fingerprint density at radius 3 is 2.30 bits per heavy atom. The monoisotopic (exact) mass is 324 g/mol. The molecule has 0 bridgehead atoms. The van der Waals surface area contributed by atoms with Crippen LogP contribution < -0.4 is 15.5 Å². The van der Waals surface area contributed by atoms with Crippen LogP contribution in [0.15, 0.2) is 12.1 Å². The van der Waals surface area contributed by atoms with Crippen molar-refractivity contribution < 1.29 is 18.4 Å². The van der Waals surface area contributed by atoms with Crippen molar-refractivity contribution in [2.75, 3.05) is 37.6 Å². The third kappa shape index (κ3) is 3.42. The smallest absolute Gasteiger partial charge is 0.324 e. The summed E-state index contributed by atoms with van der Waals surface area (Å²) >= 11 is 0. The van der Waals surface area contributed by atoms with E-state index in [9.17, 15) is 18.4 Å². The van der Waals surface area contributed by atoms with Crippen molar-refractivity contribution in [2.45, 2.75) is 13.0 Å². The Morgan fingerprint density at radius 2 is 1.70 bits per heavy atom. The molecule has 0 atom stereocenters. The van der Waals surface area contributed by atoms with Crippen molar-refractivity contribution in [3.8, 4) is 0 Å². The van der Waals surface area contributed by atoms with Crippen molar-refractivity contribution in [1.29, 1.82) is 0 Å². The van der Waals surface area contributed by atoms with E-state index < -0.39 is 17.7 Å². The molecule has 1 aromatic carbocycles. The molecule has 2 fully saturated rings. The lowest BCUT2D eigenvalue weighted by atomic mass is 10.1. The molecule has 2 saturated heterocycles. The van der Waals surface area contributed by atoms with Gasteiger partial charge >= 0.3 is 6.03 Å². The van der Waals surface area contributed by atoms with Gasteiger partial charge in [0.1, 0.15) is 17.3 Å². The Balaban J connectivity index is 1.76. The number of hydrogen-bond donors (Lipinski definition) is 2. The van der Waals surface area contributed by atoms with E-state index in [1.54, 1.807) is 4.90 Å². The minimum Gasteiger partial charge on any atom is -0.364 e. The topological polar surface area (TPSA) is 64.7 Å². The molecule has 124 valence electrons. The van der Waals surface area contributed by atoms with Gasteiger partial charge in [-0.25, -0.2) is 13.6 Å². The molecule has 23 heavy (non-hydrogen) atoms. The molecule has 0 unspecified atom stereocenters. The molecule has 0 radical (unpaired) electrons. The van der Waals surface area contributed by atoms with Crippen molar-refractivity contribution in [3.05, 3.63) is 29.3 Å². The van der Waals surface area contributed by atoms with Gasteiger partial charge in [-0.3, -0.25) is 10.1 Å². The number of carbonyl (C=O) groups excluding carboxylic acids is 2. The second kappa shape index (κ2) is 6.49. The number of hydrogen-bond acceptors (Lipinski definition) is 4. The molecule has 2 aliphatic heterocycles. The van der Waals surface area contributed by atoms with Crippen LogP contribution in [0.1, 0.15) is 12.0 Å². The minimum atomic E-state index is -0.629. The van der Waals surface area contributed by atoms with Crippen LogP contribution in [0.25, 0.3) is 0 Å². The Kier molecular flexibility index (Phi) is 4.42. The van der Waals surface area contributed by atoms with Gasteiger partial charge in [0.2, 0.25) is 5.91 Å². The highest BCUT2D eigenvalue weighted by molar-refractivity contribution is 5.96. The molecule has 3 amide bonds. The largest absolute Gasteiger partial charge is 0.364 e. The van der Waals surface area contributed by atoms with Gasteiger partial charge in [-0.2, -0.15) is 0 Å². The Bertz CT molecular complexity index is 609. The molecule has 8 heteroatoms. The number of piperazine rings is 1. The molecule has 1 aromatic rings. The van der Waals surface area contributed by atoms with Gasteiger partial charge in [-0.1, -0.05) is 0 Å². The standard InChI is InChI=1S/C15H18F2N4O2/c16-11-7-10(9-21-4-1-13(22)19-15(21)23)8-12(17)14(11)20-5-2-18-3-6-20/h7-8,18H,1-6,9H2,(H,19,22,23). The molecular formula is C15H18F2N4O2. The van der Waals surface area contributed by atoms with E-state index in [1.807, 2.05) is 0 Å². The van der Waals surface area contributed by atoms with Crippen LogP contribution in [0.2, 0.25) is 0 Å². The minimum absolute atomic E-state index is 0.0199. The lowest BCUT2D eigenvalue weighted by molar-refractivity contribution is -0.121. The van der Waals surface area contributed by atoms with E-state index in [4.69, 9.17) is 0 Å². The molecule has 0 saturated carbocycles. The maximum Gasteiger partial charge on any atom is 0.324 e. The van der Waals surface area contributed by atoms with Gasteiger partial charge in [0, 0.05) is 45.7 Å². The highest BCUT2D eigenvalue weighted by Crippen LogP contribution is 2.26. The zero-order valence-electron chi connectivity index (χ0n) is 12.6. The Hall–Kier alpha value is -2.22. The third-order valence-corrected chi connectivity index (χ3v) is 4.03. The average molecular weight is 324 g/mol. The van der Waals surface area contributed by atoms with Gasteiger partial charge in [0.05, 0.1) is 0 Å². The molecule has 6 nitrogen and oxygen atoms in total. The first-order valence-corrected chi connectivity index (χ1v) is 7.57. The molecule has 2 N–H and O–H groups in total. The number of nitrogens with zero attached hydrogens (tertiary/aromatic N) is 2. The van der Waals surface area contributed by atoms with Crippen molar-refractivity contribution in [1.82, 2.24) is 15.5 Å². The lowest BCUT2D eigenvalue weighted by Gasteiger charge is -2.30. The molecule has 0 spiro atoms. The summed E-state index contributed by atoms with van der Waals surface area (Å²) < 4.78 is 28.7. The number of rotatable bonds is 3. The zero-order chi connectivity index (χ0) is 16.4. The van der Waals surface area contributed by atoms with Crippen molar-refractivity contribution in [2.24, 2.45) is 0 Å². The number of urea groups is 1. The second-order valence-electron chi connectivity index (χ2n) is 5.67. The number of halogens is 2.